The quantitative estimate of drug-likeness (QED) is 0.261. The van der Waals surface area contributed by atoms with Crippen molar-refractivity contribution < 1.29 is 0 Å². The highest BCUT2D eigenvalue weighted by atomic mass is 14.5. The molecule has 0 amide bonds. The third-order valence-corrected chi connectivity index (χ3v) is 8.30. The number of fused-ring (bicyclic) bond motifs is 3. The van der Waals surface area contributed by atoms with E-state index in [0.717, 1.165) is 0 Å². The summed E-state index contributed by atoms with van der Waals surface area (Å²) in [7, 11) is 0. The van der Waals surface area contributed by atoms with Gasteiger partial charge in [-0.1, -0.05) is 121 Å². The summed E-state index contributed by atoms with van der Waals surface area (Å²) in [6.45, 7) is 6.68. The molecule has 34 heavy (non-hydrogen) atoms. The molecule has 170 valence electrons. The fraction of sp³-hybridized carbons (Fsp3) is 0.294. The number of rotatable bonds is 3. The van der Waals surface area contributed by atoms with Crippen molar-refractivity contribution in [2.75, 3.05) is 0 Å². The van der Waals surface area contributed by atoms with Crippen molar-refractivity contribution in [2.45, 2.75) is 64.2 Å². The lowest BCUT2D eigenvalue weighted by Crippen LogP contribution is -2.29. The summed E-state index contributed by atoms with van der Waals surface area (Å²) in [5.74, 6) is 0.693. The van der Waals surface area contributed by atoms with E-state index >= 15 is 0 Å². The molecule has 0 saturated heterocycles. The van der Waals surface area contributed by atoms with E-state index in [1.165, 1.54) is 87.7 Å². The molecule has 0 atom stereocenters. The second-order valence-electron chi connectivity index (χ2n) is 10.7. The Morgan fingerprint density at radius 2 is 1.12 bits per heavy atom. The van der Waals surface area contributed by atoms with Crippen LogP contribution >= 0.6 is 0 Å². The molecule has 0 nitrogen and oxygen atoms in total. The lowest BCUT2D eigenvalue weighted by atomic mass is 9.66. The van der Waals surface area contributed by atoms with Gasteiger partial charge in [-0.05, 0) is 78.5 Å². The molecule has 4 aromatic carbocycles. The van der Waals surface area contributed by atoms with Crippen molar-refractivity contribution in [3.63, 3.8) is 0 Å². The van der Waals surface area contributed by atoms with E-state index in [1.54, 1.807) is 0 Å². The topological polar surface area (TPSA) is 0 Å². The molecule has 0 bridgehead atoms. The maximum atomic E-state index is 2.56. The van der Waals surface area contributed by atoms with Gasteiger partial charge in [-0.3, -0.25) is 0 Å². The molecule has 0 spiro atoms. The first-order chi connectivity index (χ1) is 16.6. The SMILES string of the molecule is Cc1cccc(C2(c3cccc(C4CCCCC4)c3)c3cc(C)ccc3-c3ccc(C)cc32)c1. The van der Waals surface area contributed by atoms with Gasteiger partial charge in [0.05, 0.1) is 5.41 Å². The van der Waals surface area contributed by atoms with E-state index in [4.69, 9.17) is 0 Å². The summed E-state index contributed by atoms with van der Waals surface area (Å²) < 4.78 is 0. The van der Waals surface area contributed by atoms with Crippen LogP contribution in [-0.4, -0.2) is 0 Å². The molecular weight excluding hydrogens is 408 g/mol. The Morgan fingerprint density at radius 3 is 1.74 bits per heavy atom. The van der Waals surface area contributed by atoms with Crippen molar-refractivity contribution >= 4 is 0 Å². The zero-order chi connectivity index (χ0) is 23.3. The highest BCUT2D eigenvalue weighted by Crippen LogP contribution is 2.57. The van der Waals surface area contributed by atoms with Gasteiger partial charge in [-0.2, -0.15) is 0 Å². The predicted molar refractivity (Wildman–Crippen MR) is 144 cm³/mol. The van der Waals surface area contributed by atoms with Crippen LogP contribution in [0.3, 0.4) is 0 Å². The normalized spacial score (nSPS) is 16.8. The van der Waals surface area contributed by atoms with Crippen molar-refractivity contribution in [3.05, 3.63) is 129 Å². The minimum atomic E-state index is -0.292. The van der Waals surface area contributed by atoms with Crippen LogP contribution in [-0.2, 0) is 5.41 Å². The zero-order valence-electron chi connectivity index (χ0n) is 20.7. The third kappa shape index (κ3) is 3.27. The molecule has 0 heteroatoms. The van der Waals surface area contributed by atoms with Crippen LogP contribution in [0.2, 0.25) is 0 Å². The molecule has 0 aromatic heterocycles. The average Bonchev–Trinajstić information content (AvgIpc) is 3.14. The minimum absolute atomic E-state index is 0.292. The van der Waals surface area contributed by atoms with Crippen LogP contribution in [0.1, 0.15) is 82.5 Å². The summed E-state index contributed by atoms with van der Waals surface area (Å²) >= 11 is 0. The first-order valence-corrected chi connectivity index (χ1v) is 13.0. The Morgan fingerprint density at radius 1 is 0.559 bits per heavy atom. The first kappa shape index (κ1) is 21.4. The Labute approximate surface area is 204 Å². The monoisotopic (exact) mass is 442 g/mol. The molecule has 6 rings (SSSR count). The lowest BCUT2D eigenvalue weighted by Gasteiger charge is -2.35. The average molecular weight is 443 g/mol. The van der Waals surface area contributed by atoms with E-state index in [-0.39, 0.29) is 5.41 Å². The van der Waals surface area contributed by atoms with Gasteiger partial charge in [0.25, 0.3) is 0 Å². The van der Waals surface area contributed by atoms with Crippen molar-refractivity contribution in [3.8, 4) is 11.1 Å². The minimum Gasteiger partial charge on any atom is -0.0617 e. The molecule has 1 fully saturated rings. The fourth-order valence-electron chi connectivity index (χ4n) is 6.68. The summed E-state index contributed by atoms with van der Waals surface area (Å²) in [5.41, 5.74) is 13.6. The maximum absolute atomic E-state index is 2.56. The van der Waals surface area contributed by atoms with E-state index < -0.39 is 0 Å². The summed E-state index contributed by atoms with van der Waals surface area (Å²) in [5, 5.41) is 0. The maximum Gasteiger partial charge on any atom is 0.0713 e. The molecule has 1 saturated carbocycles. The molecule has 2 aliphatic rings. The van der Waals surface area contributed by atoms with Gasteiger partial charge in [-0.15, -0.1) is 0 Å². The molecule has 4 aromatic rings. The van der Waals surface area contributed by atoms with E-state index in [9.17, 15) is 0 Å². The number of hydrogen-bond donors (Lipinski definition) is 0. The van der Waals surface area contributed by atoms with Gasteiger partial charge in [-0.25, -0.2) is 0 Å². The van der Waals surface area contributed by atoms with E-state index in [0.29, 0.717) is 5.92 Å². The third-order valence-electron chi connectivity index (χ3n) is 8.30. The number of hydrogen-bond acceptors (Lipinski definition) is 0. The second-order valence-corrected chi connectivity index (χ2v) is 10.7. The van der Waals surface area contributed by atoms with Crippen LogP contribution in [0.5, 0.6) is 0 Å². The van der Waals surface area contributed by atoms with Crippen LogP contribution in [0, 0.1) is 20.8 Å². The standard InChI is InChI=1S/C34H34/c1-23-9-7-13-28(19-23)34(29-14-8-12-27(22-29)26-10-5-4-6-11-26)32-20-24(2)15-17-30(32)31-18-16-25(3)21-33(31)34/h7-9,12-22,26H,4-6,10-11H2,1-3H3. The summed E-state index contributed by atoms with van der Waals surface area (Å²) in [6, 6.07) is 33.0. The van der Waals surface area contributed by atoms with E-state index in [2.05, 4.69) is 106 Å². The Kier molecular flexibility index (Phi) is 5.21. The Bertz CT molecular complexity index is 1320. The van der Waals surface area contributed by atoms with Crippen molar-refractivity contribution in [1.29, 1.82) is 0 Å². The van der Waals surface area contributed by atoms with Gasteiger partial charge in [0, 0.05) is 0 Å². The predicted octanol–water partition coefficient (Wildman–Crippen LogP) is 9.02. The van der Waals surface area contributed by atoms with Crippen LogP contribution in [0.4, 0.5) is 0 Å². The smallest absolute Gasteiger partial charge is 0.0617 e. The molecular formula is C34H34. The molecule has 2 aliphatic carbocycles. The highest BCUT2D eigenvalue weighted by Gasteiger charge is 2.46. The molecule has 0 heterocycles. The number of aryl methyl sites for hydroxylation is 3. The van der Waals surface area contributed by atoms with Crippen LogP contribution in [0.25, 0.3) is 11.1 Å². The van der Waals surface area contributed by atoms with E-state index in [1.807, 2.05) is 0 Å². The van der Waals surface area contributed by atoms with Crippen LogP contribution < -0.4 is 0 Å². The van der Waals surface area contributed by atoms with Crippen molar-refractivity contribution in [2.24, 2.45) is 0 Å². The Balaban J connectivity index is 1.70. The van der Waals surface area contributed by atoms with Crippen molar-refractivity contribution in [1.82, 2.24) is 0 Å². The Hall–Kier alpha value is -3.12. The fourth-order valence-corrected chi connectivity index (χ4v) is 6.68. The molecule has 0 unspecified atom stereocenters. The summed E-state index contributed by atoms with van der Waals surface area (Å²) in [6.07, 6.45) is 6.77. The van der Waals surface area contributed by atoms with Gasteiger partial charge in [0.2, 0.25) is 0 Å². The van der Waals surface area contributed by atoms with Crippen LogP contribution in [0.15, 0.2) is 84.9 Å². The van der Waals surface area contributed by atoms with Gasteiger partial charge < -0.3 is 0 Å². The molecule has 0 aliphatic heterocycles. The highest BCUT2D eigenvalue weighted by molar-refractivity contribution is 5.86. The van der Waals surface area contributed by atoms with Gasteiger partial charge in [0.1, 0.15) is 0 Å². The zero-order valence-corrected chi connectivity index (χ0v) is 20.7. The summed E-state index contributed by atoms with van der Waals surface area (Å²) in [4.78, 5) is 0. The second kappa shape index (κ2) is 8.27. The van der Waals surface area contributed by atoms with Gasteiger partial charge in [0.15, 0.2) is 0 Å². The van der Waals surface area contributed by atoms with Gasteiger partial charge >= 0.3 is 0 Å². The largest absolute Gasteiger partial charge is 0.0713 e. The molecule has 0 N–H and O–H groups in total. The molecule has 0 radical (unpaired) electrons. The lowest BCUT2D eigenvalue weighted by molar-refractivity contribution is 0.443. The first-order valence-electron chi connectivity index (χ1n) is 13.0. The number of benzene rings is 4.